The molecule has 442 valence electrons. The first-order chi connectivity index (χ1) is 40.8. The number of aryl methyl sites for hydroxylation is 3. The van der Waals surface area contributed by atoms with Gasteiger partial charge < -0.3 is 27.9 Å². The molecule has 0 aliphatic carbocycles. The molecule has 4 N–H and O–H groups in total. The second-order valence-corrected chi connectivity index (χ2v) is 24.7. The van der Waals surface area contributed by atoms with Crippen LogP contribution in [0.15, 0.2) is 127 Å². The number of fused-ring (bicyclic) bond motifs is 3. The van der Waals surface area contributed by atoms with Crippen LogP contribution in [0.5, 0.6) is 17.2 Å². The van der Waals surface area contributed by atoms with Gasteiger partial charge in [-0.05, 0) is 98.6 Å². The summed E-state index contributed by atoms with van der Waals surface area (Å²) in [6, 6.07) is 45.3. The van der Waals surface area contributed by atoms with Crippen molar-refractivity contribution in [1.29, 1.82) is 15.8 Å². The fourth-order valence-electron chi connectivity index (χ4n) is 10.4. The molecule has 4 heterocycles. The molecule has 0 amide bonds. The SMILES string of the molecule is CCCCn1c(-c2ccc(NS(C)(=O)=O)cc2)c(C#N)c2ccc(OC)cc21.CCn1c(-c2cccc(N3CCNS3(=O)=O)c2)c(C#N)c2ccc(OC)cc21.CCn1c(-c2cccc(NS(=O)(=O)NCCCl)c2)c(C#N)c2ccc(OC)cc21. The fraction of sp³-hybridized carbons (Fsp3) is 0.262. The van der Waals surface area contributed by atoms with Crippen molar-refractivity contribution in [3.8, 4) is 69.2 Å². The van der Waals surface area contributed by atoms with Crippen LogP contribution in [0.3, 0.4) is 0 Å². The first kappa shape index (κ1) is 62.3. The van der Waals surface area contributed by atoms with E-state index in [0.717, 1.165) is 104 Å². The Hall–Kier alpha value is -8.73. The lowest BCUT2D eigenvalue weighted by atomic mass is 10.1. The molecule has 3 aromatic heterocycles. The van der Waals surface area contributed by atoms with E-state index in [0.29, 0.717) is 65.7 Å². The lowest BCUT2D eigenvalue weighted by Gasteiger charge is -2.17. The standard InChI is InChI=1S/C21H23N3O3S.C20H21ClN4O3S.C20H20N4O3S/c1-4-5-12-24-20-13-17(27-2)10-11-18(20)19(14-22)21(24)15-6-8-16(9-7-15)23-28(3,25)26;1-3-25-19-12-16(28-2)7-8-17(19)18(13-22)20(25)14-5-4-6-15(11-14)24-29(26,27)23-10-9-21;1-3-23-19-12-16(27-2)7-8-17(19)18(13-21)20(23)14-5-4-6-15(11-14)24-10-9-22-28(24,25)26/h6-11,13,23H,4-5,12H2,1-3H3;4-8,11-12,23-24H,3,9-10H2,1-2H3;4-8,11-12,22H,3,9-10H2,1-2H3. The second kappa shape index (κ2) is 26.9. The smallest absolute Gasteiger partial charge is 0.301 e. The van der Waals surface area contributed by atoms with Crippen LogP contribution in [-0.4, -0.2) is 92.1 Å². The number of nitrogens with one attached hydrogen (secondary N) is 4. The number of hydrogen-bond acceptors (Lipinski definition) is 12. The summed E-state index contributed by atoms with van der Waals surface area (Å²) >= 11 is 5.55. The predicted octanol–water partition coefficient (Wildman–Crippen LogP) is 10.9. The zero-order valence-electron chi connectivity index (χ0n) is 47.9. The summed E-state index contributed by atoms with van der Waals surface area (Å²) in [5, 5.41) is 32.1. The van der Waals surface area contributed by atoms with Crippen LogP contribution in [-0.2, 0) is 50.1 Å². The molecule has 0 saturated carbocycles. The highest BCUT2D eigenvalue weighted by Gasteiger charge is 2.29. The summed E-state index contributed by atoms with van der Waals surface area (Å²) in [6.07, 6.45) is 3.12. The molecule has 1 saturated heterocycles. The molecule has 1 aliphatic heterocycles. The van der Waals surface area contributed by atoms with Gasteiger partial charge in [0.05, 0.1) is 89.3 Å². The maximum Gasteiger partial charge on any atom is 0.301 e. The van der Waals surface area contributed by atoms with Crippen molar-refractivity contribution < 1.29 is 39.5 Å². The summed E-state index contributed by atoms with van der Waals surface area (Å²) in [5.41, 5.74) is 10.7. The Morgan fingerprint density at radius 2 is 1.08 bits per heavy atom. The first-order valence-corrected chi connectivity index (χ1v) is 32.4. The van der Waals surface area contributed by atoms with Crippen LogP contribution in [0.4, 0.5) is 17.1 Å². The highest BCUT2D eigenvalue weighted by atomic mass is 35.5. The molecule has 0 unspecified atom stereocenters. The number of sulfonamides is 1. The van der Waals surface area contributed by atoms with Gasteiger partial charge in [0.15, 0.2) is 0 Å². The lowest BCUT2D eigenvalue weighted by Crippen LogP contribution is -2.31. The highest BCUT2D eigenvalue weighted by molar-refractivity contribution is 7.92. The largest absolute Gasteiger partial charge is 0.497 e. The van der Waals surface area contributed by atoms with Gasteiger partial charge in [-0.25, -0.2) is 8.42 Å². The molecule has 9 aromatic rings. The van der Waals surface area contributed by atoms with Gasteiger partial charge in [0.1, 0.15) is 35.5 Å². The Morgan fingerprint density at radius 1 is 0.600 bits per heavy atom. The summed E-state index contributed by atoms with van der Waals surface area (Å²) < 4.78 is 105. The van der Waals surface area contributed by atoms with Gasteiger partial charge in [-0.15, -0.1) is 11.6 Å². The first-order valence-electron chi connectivity index (χ1n) is 27.0. The van der Waals surface area contributed by atoms with E-state index in [4.69, 9.17) is 25.8 Å². The van der Waals surface area contributed by atoms with Crippen molar-refractivity contribution in [1.82, 2.24) is 23.1 Å². The predicted molar refractivity (Wildman–Crippen MR) is 336 cm³/mol. The summed E-state index contributed by atoms with van der Waals surface area (Å²) in [6.45, 7) is 9.09. The maximum atomic E-state index is 12.2. The van der Waals surface area contributed by atoms with Crippen molar-refractivity contribution in [3.05, 3.63) is 144 Å². The Balaban J connectivity index is 0.000000166. The molecule has 1 aliphatic rings. The molecule has 20 nitrogen and oxygen atoms in total. The van der Waals surface area contributed by atoms with Gasteiger partial charge in [0.2, 0.25) is 10.0 Å². The number of nitriles is 3. The van der Waals surface area contributed by atoms with Crippen LogP contribution in [0.2, 0.25) is 0 Å². The van der Waals surface area contributed by atoms with E-state index in [1.54, 1.807) is 57.7 Å². The summed E-state index contributed by atoms with van der Waals surface area (Å²) in [5.74, 6) is 2.34. The molecule has 85 heavy (non-hydrogen) atoms. The zero-order chi connectivity index (χ0) is 61.2. The third-order valence-electron chi connectivity index (χ3n) is 14.1. The van der Waals surface area contributed by atoms with Gasteiger partial charge in [0, 0.05) is 96.3 Å². The molecule has 6 aromatic carbocycles. The number of anilines is 3. The van der Waals surface area contributed by atoms with Crippen molar-refractivity contribution in [2.45, 2.75) is 53.2 Å². The quantitative estimate of drug-likeness (QED) is 0.0551. The van der Waals surface area contributed by atoms with Crippen LogP contribution >= 0.6 is 11.6 Å². The highest BCUT2D eigenvalue weighted by Crippen LogP contribution is 2.40. The number of rotatable bonds is 19. The minimum Gasteiger partial charge on any atom is -0.497 e. The molecule has 0 spiro atoms. The number of benzene rings is 6. The number of methoxy groups -OCH3 is 3. The Labute approximate surface area is 500 Å². The minimum atomic E-state index is -3.73. The Kier molecular flexibility index (Phi) is 19.7. The zero-order valence-corrected chi connectivity index (χ0v) is 51.1. The number of aromatic nitrogens is 3. The number of hydrogen-bond donors (Lipinski definition) is 4. The number of nitrogens with zero attached hydrogens (tertiary/aromatic N) is 7. The molecule has 0 bridgehead atoms. The average molecular weight is 1230 g/mol. The van der Waals surface area contributed by atoms with E-state index in [1.807, 2.05) is 109 Å². The van der Waals surface area contributed by atoms with Crippen LogP contribution in [0.1, 0.15) is 50.3 Å². The van der Waals surface area contributed by atoms with Crippen molar-refractivity contribution in [2.24, 2.45) is 0 Å². The molecule has 0 radical (unpaired) electrons. The number of halogens is 1. The maximum absolute atomic E-state index is 12.2. The number of alkyl halides is 1. The van der Waals surface area contributed by atoms with E-state index >= 15 is 0 Å². The molecular formula is C61H64ClN11O9S3. The number of unbranched alkanes of at least 4 members (excludes halogenated alkanes) is 1. The van der Waals surface area contributed by atoms with Gasteiger partial charge in [-0.2, -0.15) is 42.1 Å². The topological polar surface area (TPSA) is 268 Å². The van der Waals surface area contributed by atoms with Gasteiger partial charge in [-0.1, -0.05) is 49.7 Å². The Bertz CT molecular complexity index is 4430. The summed E-state index contributed by atoms with van der Waals surface area (Å²) in [4.78, 5) is 0. The van der Waals surface area contributed by atoms with E-state index in [1.165, 1.54) is 4.31 Å². The lowest BCUT2D eigenvalue weighted by molar-refractivity contribution is 0.415. The molecule has 1 fully saturated rings. The monoisotopic (exact) mass is 1230 g/mol. The van der Waals surface area contributed by atoms with Crippen molar-refractivity contribution in [2.75, 3.05) is 66.8 Å². The summed E-state index contributed by atoms with van der Waals surface area (Å²) in [7, 11) is -5.75. The van der Waals surface area contributed by atoms with Crippen molar-refractivity contribution in [3.63, 3.8) is 0 Å². The molecular weight excluding hydrogens is 1160 g/mol. The van der Waals surface area contributed by atoms with Crippen molar-refractivity contribution >= 4 is 91.8 Å². The molecule has 24 heteroatoms. The molecule has 10 rings (SSSR count). The third kappa shape index (κ3) is 13.6. The van der Waals surface area contributed by atoms with Crippen LogP contribution in [0.25, 0.3) is 66.5 Å². The average Bonchev–Trinajstić information content (AvgIpc) is 2.40. The van der Waals surface area contributed by atoms with E-state index in [-0.39, 0.29) is 12.4 Å². The van der Waals surface area contributed by atoms with E-state index in [9.17, 15) is 41.0 Å². The fourth-order valence-corrected chi connectivity index (χ4v) is 13.2. The van der Waals surface area contributed by atoms with Crippen LogP contribution in [0, 0.1) is 34.0 Å². The minimum absolute atomic E-state index is 0.126. The van der Waals surface area contributed by atoms with E-state index < -0.39 is 30.4 Å². The van der Waals surface area contributed by atoms with Gasteiger partial charge >= 0.3 is 10.2 Å². The van der Waals surface area contributed by atoms with Gasteiger partial charge in [0.25, 0.3) is 10.2 Å². The molecule has 0 atom stereocenters. The van der Waals surface area contributed by atoms with E-state index in [2.05, 4.69) is 53.2 Å². The normalized spacial score (nSPS) is 12.8. The Morgan fingerprint density at radius 3 is 1.52 bits per heavy atom. The van der Waals surface area contributed by atoms with Gasteiger partial charge in [-0.3, -0.25) is 13.7 Å². The number of ether oxygens (including phenoxy) is 3. The third-order valence-corrected chi connectivity index (χ3v) is 17.5. The second-order valence-electron chi connectivity index (χ2n) is 19.4. The van der Waals surface area contributed by atoms with Crippen LogP contribution < -0.4 is 37.4 Å².